The molecule has 0 N–H and O–H groups in total. The molecule has 0 fully saturated rings. The normalized spacial score (nSPS) is 13.1. The molecule has 0 aliphatic heterocycles. The highest BCUT2D eigenvalue weighted by molar-refractivity contribution is 5.71. The van der Waals surface area contributed by atoms with Crippen molar-refractivity contribution >= 4 is 17.9 Å². The van der Waals surface area contributed by atoms with E-state index in [1.807, 2.05) is 72.9 Å². The van der Waals surface area contributed by atoms with E-state index in [-0.39, 0.29) is 44.0 Å². The Morgan fingerprint density at radius 2 is 0.629 bits per heavy atom. The first-order chi connectivity index (χ1) is 34.5. The van der Waals surface area contributed by atoms with E-state index in [2.05, 4.69) is 81.5 Å². The van der Waals surface area contributed by atoms with E-state index in [9.17, 15) is 14.4 Å². The number of unbranched alkanes of at least 4 members (excludes halogenated alkanes) is 22. The SMILES string of the molecule is CC\C=C/C=C\C=C/C=C\C=C\C=C/C=C\CCCCCC(=O)OCC(COC(=O)CCCCCCCCCCCCCCCCCC)OC(=O)CCC/C=C\C/C=C\C/C=C\C/C=C\CCCCC. The topological polar surface area (TPSA) is 78.9 Å². The molecule has 6 nitrogen and oxygen atoms in total. The number of carbonyl (C=O) groups is 3. The Labute approximate surface area is 430 Å². The molecule has 0 aromatic carbocycles. The second-order valence-corrected chi connectivity index (χ2v) is 18.3. The van der Waals surface area contributed by atoms with Gasteiger partial charge in [0.2, 0.25) is 0 Å². The summed E-state index contributed by atoms with van der Waals surface area (Å²) in [7, 11) is 0. The summed E-state index contributed by atoms with van der Waals surface area (Å²) in [5.74, 6) is -1.02. The lowest BCUT2D eigenvalue weighted by Crippen LogP contribution is -2.30. The predicted molar refractivity (Wildman–Crippen MR) is 302 cm³/mol. The molecule has 0 saturated heterocycles. The van der Waals surface area contributed by atoms with Crippen molar-refractivity contribution in [2.75, 3.05) is 13.2 Å². The maximum absolute atomic E-state index is 12.8. The van der Waals surface area contributed by atoms with Crippen LogP contribution < -0.4 is 0 Å². The Morgan fingerprint density at radius 3 is 1.07 bits per heavy atom. The molecule has 1 unspecified atom stereocenters. The molecule has 70 heavy (non-hydrogen) atoms. The maximum Gasteiger partial charge on any atom is 0.306 e. The lowest BCUT2D eigenvalue weighted by Gasteiger charge is -2.18. The Bertz CT molecular complexity index is 1530. The first-order valence-corrected chi connectivity index (χ1v) is 28.3. The second-order valence-electron chi connectivity index (χ2n) is 18.3. The van der Waals surface area contributed by atoms with Gasteiger partial charge in [-0.15, -0.1) is 0 Å². The van der Waals surface area contributed by atoms with Crippen LogP contribution in [0.2, 0.25) is 0 Å². The van der Waals surface area contributed by atoms with Crippen molar-refractivity contribution in [1.82, 2.24) is 0 Å². The number of allylic oxidation sites excluding steroid dienone is 22. The molecule has 0 aliphatic carbocycles. The lowest BCUT2D eigenvalue weighted by atomic mass is 10.0. The fraction of sp³-hybridized carbons (Fsp3) is 0.609. The van der Waals surface area contributed by atoms with E-state index in [0.29, 0.717) is 19.3 Å². The minimum atomic E-state index is -0.830. The summed E-state index contributed by atoms with van der Waals surface area (Å²) in [6.07, 6.45) is 80.1. The third-order valence-electron chi connectivity index (χ3n) is 11.6. The van der Waals surface area contributed by atoms with Gasteiger partial charge in [0.25, 0.3) is 0 Å². The van der Waals surface area contributed by atoms with Gasteiger partial charge in [-0.1, -0.05) is 270 Å². The summed E-state index contributed by atoms with van der Waals surface area (Å²) >= 11 is 0. The van der Waals surface area contributed by atoms with Crippen LogP contribution >= 0.6 is 0 Å². The van der Waals surface area contributed by atoms with E-state index in [4.69, 9.17) is 14.2 Å². The van der Waals surface area contributed by atoms with Gasteiger partial charge in [0.05, 0.1) is 0 Å². The zero-order chi connectivity index (χ0) is 50.7. The molecule has 0 radical (unpaired) electrons. The average Bonchev–Trinajstić information content (AvgIpc) is 3.36. The summed E-state index contributed by atoms with van der Waals surface area (Å²) < 4.78 is 16.8. The van der Waals surface area contributed by atoms with Crippen molar-refractivity contribution in [2.24, 2.45) is 0 Å². The molecule has 0 bridgehead atoms. The van der Waals surface area contributed by atoms with Crippen molar-refractivity contribution < 1.29 is 28.6 Å². The van der Waals surface area contributed by atoms with Crippen LogP contribution in [-0.4, -0.2) is 37.2 Å². The zero-order valence-electron chi connectivity index (χ0n) is 45.0. The molecule has 0 rings (SSSR count). The summed E-state index contributed by atoms with van der Waals surface area (Å²) in [4.78, 5) is 38.1. The highest BCUT2D eigenvalue weighted by Gasteiger charge is 2.19. The second kappa shape index (κ2) is 57.1. The highest BCUT2D eigenvalue weighted by atomic mass is 16.6. The van der Waals surface area contributed by atoms with Crippen LogP contribution in [-0.2, 0) is 28.6 Å². The molecule has 0 spiro atoms. The molecule has 0 aromatic heterocycles. The largest absolute Gasteiger partial charge is 0.462 e. The number of hydrogen-bond acceptors (Lipinski definition) is 6. The summed E-state index contributed by atoms with van der Waals surface area (Å²) in [6.45, 7) is 6.38. The van der Waals surface area contributed by atoms with Crippen LogP contribution in [0.4, 0.5) is 0 Å². The van der Waals surface area contributed by atoms with Crippen molar-refractivity contribution in [3.05, 3.63) is 134 Å². The van der Waals surface area contributed by atoms with Crippen molar-refractivity contribution in [3.8, 4) is 0 Å². The first kappa shape index (κ1) is 65.5. The Hall–Kier alpha value is -4.45. The third-order valence-corrected chi connectivity index (χ3v) is 11.6. The molecule has 0 aromatic rings. The van der Waals surface area contributed by atoms with Crippen LogP contribution in [0.25, 0.3) is 0 Å². The van der Waals surface area contributed by atoms with E-state index in [1.165, 1.54) is 109 Å². The third kappa shape index (κ3) is 54.5. The van der Waals surface area contributed by atoms with Crippen LogP contribution in [0, 0.1) is 0 Å². The maximum atomic E-state index is 12.8. The van der Waals surface area contributed by atoms with Crippen LogP contribution in [0.1, 0.15) is 233 Å². The summed E-state index contributed by atoms with van der Waals surface area (Å²) in [6, 6.07) is 0. The smallest absolute Gasteiger partial charge is 0.306 e. The molecule has 394 valence electrons. The van der Waals surface area contributed by atoms with Crippen LogP contribution in [0.5, 0.6) is 0 Å². The number of rotatable bonds is 49. The number of ether oxygens (including phenoxy) is 3. The lowest BCUT2D eigenvalue weighted by molar-refractivity contribution is -0.167. The van der Waals surface area contributed by atoms with E-state index in [0.717, 1.165) is 70.6 Å². The first-order valence-electron chi connectivity index (χ1n) is 28.3. The van der Waals surface area contributed by atoms with E-state index in [1.54, 1.807) is 0 Å². The van der Waals surface area contributed by atoms with Gasteiger partial charge in [0, 0.05) is 19.3 Å². The molecule has 0 amide bonds. The van der Waals surface area contributed by atoms with Gasteiger partial charge in [0.1, 0.15) is 13.2 Å². The van der Waals surface area contributed by atoms with Gasteiger partial charge >= 0.3 is 17.9 Å². The number of carbonyl (C=O) groups excluding carboxylic acids is 3. The van der Waals surface area contributed by atoms with Crippen LogP contribution in [0.3, 0.4) is 0 Å². The Morgan fingerprint density at radius 1 is 0.314 bits per heavy atom. The van der Waals surface area contributed by atoms with Crippen molar-refractivity contribution in [2.45, 2.75) is 239 Å². The zero-order valence-corrected chi connectivity index (χ0v) is 45.0. The van der Waals surface area contributed by atoms with E-state index >= 15 is 0 Å². The fourth-order valence-corrected chi connectivity index (χ4v) is 7.36. The van der Waals surface area contributed by atoms with Gasteiger partial charge in [-0.25, -0.2) is 0 Å². The molecular formula is C64H102O6. The van der Waals surface area contributed by atoms with Crippen molar-refractivity contribution in [1.29, 1.82) is 0 Å². The average molecular weight is 968 g/mol. The van der Waals surface area contributed by atoms with Gasteiger partial charge in [-0.3, -0.25) is 14.4 Å². The quantitative estimate of drug-likeness (QED) is 0.0199. The molecule has 0 saturated carbocycles. The molecule has 0 heterocycles. The minimum Gasteiger partial charge on any atom is -0.462 e. The van der Waals surface area contributed by atoms with Crippen LogP contribution in [0.15, 0.2) is 134 Å². The van der Waals surface area contributed by atoms with Gasteiger partial charge in [-0.2, -0.15) is 0 Å². The number of esters is 3. The monoisotopic (exact) mass is 967 g/mol. The van der Waals surface area contributed by atoms with E-state index < -0.39 is 6.10 Å². The Kier molecular flexibility index (Phi) is 53.5. The molecule has 0 aliphatic rings. The molecule has 1 atom stereocenters. The van der Waals surface area contributed by atoms with Gasteiger partial charge in [-0.05, 0) is 77.0 Å². The Balaban J connectivity index is 4.59. The molecule has 6 heteroatoms. The predicted octanol–water partition coefficient (Wildman–Crippen LogP) is 19.0. The highest BCUT2D eigenvalue weighted by Crippen LogP contribution is 2.15. The van der Waals surface area contributed by atoms with Crippen molar-refractivity contribution in [3.63, 3.8) is 0 Å². The number of hydrogen-bond donors (Lipinski definition) is 0. The molecular weight excluding hydrogens is 865 g/mol. The fourth-order valence-electron chi connectivity index (χ4n) is 7.36. The summed E-state index contributed by atoms with van der Waals surface area (Å²) in [5, 5.41) is 0. The standard InChI is InChI=1S/C64H102O6/c1-4-7-10-13-16-19-22-25-28-31-32-34-36-39-42-45-48-51-54-57-63(66)69-60-61(59-68-62(65)56-53-50-47-44-41-38-35-30-27-24-21-18-15-12-9-6-3)70-64(67)58-55-52-49-46-43-40-37-33-29-26-23-20-17-14-11-8-5-2/h7,10,13,16-17,19-20,22,25-26,28-29,31-32,34,36-37,39-40,42,46,49,61H,4-6,8-9,11-12,14-15,18,21,23-24,27,30,33,35,38,41,43-45,47-48,50-60H2,1-3H3/b10-7-,16-13-,20-17-,22-19-,28-25-,29-26-,32-31+,36-34-,40-37-,42-39-,49-46-. The summed E-state index contributed by atoms with van der Waals surface area (Å²) in [5.41, 5.74) is 0. The minimum absolute atomic E-state index is 0.117. The van der Waals surface area contributed by atoms with Gasteiger partial charge in [0.15, 0.2) is 6.10 Å². The van der Waals surface area contributed by atoms with Gasteiger partial charge < -0.3 is 14.2 Å².